The SMILES string of the molecule is CCCCCC(C)NCC(c1ccccc1)N(C)C. The molecule has 0 radical (unpaired) electrons. The zero-order valence-electron chi connectivity index (χ0n) is 13.0. The molecule has 2 heteroatoms. The first-order valence-electron chi connectivity index (χ1n) is 7.60. The molecule has 0 spiro atoms. The van der Waals surface area contributed by atoms with Gasteiger partial charge in [0.2, 0.25) is 0 Å². The molecule has 1 N–H and O–H groups in total. The minimum absolute atomic E-state index is 0.454. The molecule has 0 saturated carbocycles. The van der Waals surface area contributed by atoms with Crippen molar-refractivity contribution < 1.29 is 0 Å². The van der Waals surface area contributed by atoms with Gasteiger partial charge in [-0.05, 0) is 33.0 Å². The largest absolute Gasteiger partial charge is 0.312 e. The van der Waals surface area contributed by atoms with Gasteiger partial charge in [0.25, 0.3) is 0 Å². The number of hydrogen-bond donors (Lipinski definition) is 1. The molecule has 108 valence electrons. The van der Waals surface area contributed by atoms with E-state index in [9.17, 15) is 0 Å². The van der Waals surface area contributed by atoms with Crippen LogP contribution in [0.4, 0.5) is 0 Å². The van der Waals surface area contributed by atoms with E-state index in [1.165, 1.54) is 31.2 Å². The van der Waals surface area contributed by atoms with Crippen molar-refractivity contribution in [2.45, 2.75) is 51.6 Å². The second-order valence-corrected chi connectivity index (χ2v) is 5.70. The lowest BCUT2D eigenvalue weighted by atomic mass is 10.0. The Morgan fingerprint density at radius 1 is 1.11 bits per heavy atom. The lowest BCUT2D eigenvalue weighted by molar-refractivity contribution is 0.278. The van der Waals surface area contributed by atoms with E-state index in [-0.39, 0.29) is 0 Å². The lowest BCUT2D eigenvalue weighted by Gasteiger charge is -2.27. The Labute approximate surface area is 119 Å². The van der Waals surface area contributed by atoms with Gasteiger partial charge in [0, 0.05) is 18.6 Å². The Morgan fingerprint density at radius 3 is 2.37 bits per heavy atom. The van der Waals surface area contributed by atoms with Crippen molar-refractivity contribution in [1.82, 2.24) is 10.2 Å². The van der Waals surface area contributed by atoms with Crippen LogP contribution in [0.5, 0.6) is 0 Å². The maximum atomic E-state index is 3.68. The van der Waals surface area contributed by atoms with E-state index in [0.717, 1.165) is 6.54 Å². The molecule has 0 aromatic heterocycles. The van der Waals surface area contributed by atoms with E-state index < -0.39 is 0 Å². The zero-order valence-corrected chi connectivity index (χ0v) is 13.0. The van der Waals surface area contributed by atoms with Crippen LogP contribution in [-0.4, -0.2) is 31.6 Å². The molecule has 0 bridgehead atoms. The number of benzene rings is 1. The summed E-state index contributed by atoms with van der Waals surface area (Å²) in [6, 6.07) is 11.8. The third-order valence-corrected chi connectivity index (χ3v) is 3.71. The summed E-state index contributed by atoms with van der Waals surface area (Å²) in [5.74, 6) is 0. The fraction of sp³-hybridized carbons (Fsp3) is 0.647. The van der Waals surface area contributed by atoms with E-state index in [2.05, 4.69) is 68.5 Å². The molecule has 0 saturated heterocycles. The number of unbranched alkanes of at least 4 members (excludes halogenated alkanes) is 2. The molecule has 0 aliphatic heterocycles. The summed E-state index contributed by atoms with van der Waals surface area (Å²) in [7, 11) is 4.31. The summed E-state index contributed by atoms with van der Waals surface area (Å²) in [6.07, 6.45) is 5.27. The molecule has 1 aromatic rings. The number of hydrogen-bond acceptors (Lipinski definition) is 2. The molecule has 0 aliphatic rings. The van der Waals surface area contributed by atoms with Gasteiger partial charge in [-0.15, -0.1) is 0 Å². The predicted molar refractivity (Wildman–Crippen MR) is 84.5 cm³/mol. The second kappa shape index (κ2) is 9.11. The van der Waals surface area contributed by atoms with Gasteiger partial charge in [0.05, 0.1) is 0 Å². The Bertz CT molecular complexity index is 321. The molecule has 1 rings (SSSR count). The highest BCUT2D eigenvalue weighted by Gasteiger charge is 2.14. The van der Waals surface area contributed by atoms with Crippen molar-refractivity contribution in [3.8, 4) is 0 Å². The maximum absolute atomic E-state index is 3.68. The molecule has 0 aliphatic carbocycles. The van der Waals surface area contributed by atoms with Gasteiger partial charge in [0.15, 0.2) is 0 Å². The third kappa shape index (κ3) is 6.22. The molecular formula is C17H30N2. The first-order chi connectivity index (χ1) is 9.15. The molecule has 2 nitrogen and oxygen atoms in total. The standard InChI is InChI=1S/C17H30N2/c1-5-6-8-11-15(2)18-14-17(19(3)4)16-12-9-7-10-13-16/h7,9-10,12-13,15,17-18H,5-6,8,11,14H2,1-4H3. The predicted octanol–water partition coefficient (Wildman–Crippen LogP) is 3.85. The normalized spacial score (nSPS) is 14.6. The summed E-state index contributed by atoms with van der Waals surface area (Å²) in [5, 5.41) is 3.68. The van der Waals surface area contributed by atoms with Gasteiger partial charge in [-0.1, -0.05) is 56.5 Å². The number of likely N-dealkylation sites (N-methyl/N-ethyl adjacent to an activating group) is 1. The molecule has 2 unspecified atom stereocenters. The second-order valence-electron chi connectivity index (χ2n) is 5.70. The van der Waals surface area contributed by atoms with Gasteiger partial charge in [-0.25, -0.2) is 0 Å². The molecule has 0 fully saturated rings. The average molecular weight is 262 g/mol. The Hall–Kier alpha value is -0.860. The van der Waals surface area contributed by atoms with Crippen molar-refractivity contribution >= 4 is 0 Å². The number of nitrogens with zero attached hydrogens (tertiary/aromatic N) is 1. The van der Waals surface area contributed by atoms with E-state index in [0.29, 0.717) is 12.1 Å². The third-order valence-electron chi connectivity index (χ3n) is 3.71. The Morgan fingerprint density at radius 2 is 1.79 bits per heavy atom. The highest BCUT2D eigenvalue weighted by atomic mass is 15.1. The highest BCUT2D eigenvalue weighted by molar-refractivity contribution is 5.19. The molecule has 0 heterocycles. The first-order valence-corrected chi connectivity index (χ1v) is 7.60. The van der Waals surface area contributed by atoms with Crippen LogP contribution in [0.1, 0.15) is 51.1 Å². The van der Waals surface area contributed by atoms with Gasteiger partial charge in [-0.3, -0.25) is 0 Å². The molecule has 19 heavy (non-hydrogen) atoms. The summed E-state index contributed by atoms with van der Waals surface area (Å²) < 4.78 is 0. The summed E-state index contributed by atoms with van der Waals surface area (Å²) in [4.78, 5) is 2.29. The van der Waals surface area contributed by atoms with Crippen molar-refractivity contribution in [2.24, 2.45) is 0 Å². The number of rotatable bonds is 9. The topological polar surface area (TPSA) is 15.3 Å². The van der Waals surface area contributed by atoms with Crippen molar-refractivity contribution in [2.75, 3.05) is 20.6 Å². The van der Waals surface area contributed by atoms with Crippen LogP contribution in [0, 0.1) is 0 Å². The van der Waals surface area contributed by atoms with E-state index >= 15 is 0 Å². The van der Waals surface area contributed by atoms with Crippen LogP contribution >= 0.6 is 0 Å². The summed E-state index contributed by atoms with van der Waals surface area (Å²) >= 11 is 0. The van der Waals surface area contributed by atoms with E-state index in [1.54, 1.807) is 0 Å². The quantitative estimate of drug-likeness (QED) is 0.680. The lowest BCUT2D eigenvalue weighted by Crippen LogP contribution is -2.35. The van der Waals surface area contributed by atoms with Crippen LogP contribution in [-0.2, 0) is 0 Å². The molecule has 2 atom stereocenters. The van der Waals surface area contributed by atoms with E-state index in [1.807, 2.05) is 0 Å². The summed E-state index contributed by atoms with van der Waals surface area (Å²) in [6.45, 7) is 5.58. The van der Waals surface area contributed by atoms with Crippen molar-refractivity contribution in [3.05, 3.63) is 35.9 Å². The zero-order chi connectivity index (χ0) is 14.1. The average Bonchev–Trinajstić information content (AvgIpc) is 2.40. The smallest absolute Gasteiger partial charge is 0.0466 e. The molecule has 1 aromatic carbocycles. The van der Waals surface area contributed by atoms with Crippen molar-refractivity contribution in [3.63, 3.8) is 0 Å². The molecule has 0 amide bonds. The molecular weight excluding hydrogens is 232 g/mol. The van der Waals surface area contributed by atoms with Crippen LogP contribution in [0.2, 0.25) is 0 Å². The highest BCUT2D eigenvalue weighted by Crippen LogP contribution is 2.17. The maximum Gasteiger partial charge on any atom is 0.0466 e. The first kappa shape index (κ1) is 16.2. The Balaban J connectivity index is 2.43. The Kier molecular flexibility index (Phi) is 7.76. The monoisotopic (exact) mass is 262 g/mol. The van der Waals surface area contributed by atoms with Gasteiger partial charge < -0.3 is 10.2 Å². The minimum Gasteiger partial charge on any atom is -0.312 e. The minimum atomic E-state index is 0.454. The van der Waals surface area contributed by atoms with Gasteiger partial charge >= 0.3 is 0 Å². The fourth-order valence-corrected chi connectivity index (χ4v) is 2.39. The van der Waals surface area contributed by atoms with E-state index in [4.69, 9.17) is 0 Å². The van der Waals surface area contributed by atoms with Crippen LogP contribution < -0.4 is 5.32 Å². The number of nitrogens with one attached hydrogen (secondary N) is 1. The van der Waals surface area contributed by atoms with Crippen LogP contribution in [0.15, 0.2) is 30.3 Å². The summed E-state index contributed by atoms with van der Waals surface area (Å²) in [5.41, 5.74) is 1.39. The van der Waals surface area contributed by atoms with Crippen LogP contribution in [0.3, 0.4) is 0 Å². The van der Waals surface area contributed by atoms with Gasteiger partial charge in [0.1, 0.15) is 0 Å². The fourth-order valence-electron chi connectivity index (χ4n) is 2.39. The van der Waals surface area contributed by atoms with Crippen LogP contribution in [0.25, 0.3) is 0 Å². The van der Waals surface area contributed by atoms with Gasteiger partial charge in [-0.2, -0.15) is 0 Å². The van der Waals surface area contributed by atoms with Crippen molar-refractivity contribution in [1.29, 1.82) is 0 Å².